The van der Waals surface area contributed by atoms with E-state index in [-0.39, 0.29) is 17.5 Å². The fourth-order valence-corrected chi connectivity index (χ4v) is 4.23. The zero-order chi connectivity index (χ0) is 20.0. The highest BCUT2D eigenvalue weighted by Crippen LogP contribution is 2.27. The van der Waals surface area contributed by atoms with Crippen LogP contribution in [0.5, 0.6) is 0 Å². The number of halogens is 1. The van der Waals surface area contributed by atoms with Gasteiger partial charge in [-0.1, -0.05) is 29.8 Å². The lowest BCUT2D eigenvalue weighted by atomic mass is 10.2. The number of ether oxygens (including phenoxy) is 1. The van der Waals surface area contributed by atoms with Gasteiger partial charge >= 0.3 is 0 Å². The van der Waals surface area contributed by atoms with E-state index >= 15 is 0 Å². The standard InChI is InChI=1S/C19H23ClN2O4S/c1-14-6-4-5-7-18(14)22(12-19(23)21-15(2)13-26-3)27(24,25)17-10-8-16(20)9-11-17/h4-11,15H,12-13H2,1-3H3,(H,21,23)/t15-/m0/s1. The van der Waals surface area contributed by atoms with E-state index in [2.05, 4.69) is 5.32 Å². The summed E-state index contributed by atoms with van der Waals surface area (Å²) in [5.41, 5.74) is 1.19. The normalized spacial score (nSPS) is 12.4. The fourth-order valence-electron chi connectivity index (χ4n) is 2.62. The summed E-state index contributed by atoms with van der Waals surface area (Å²) in [6, 6.07) is 12.6. The lowest BCUT2D eigenvalue weighted by molar-refractivity contribution is -0.120. The molecule has 27 heavy (non-hydrogen) atoms. The molecule has 0 saturated carbocycles. The third-order valence-corrected chi connectivity index (χ3v) is 5.92. The van der Waals surface area contributed by atoms with E-state index in [0.29, 0.717) is 17.3 Å². The number of benzene rings is 2. The maximum Gasteiger partial charge on any atom is 0.264 e. The molecule has 0 spiro atoms. The average Bonchev–Trinajstić information content (AvgIpc) is 2.61. The van der Waals surface area contributed by atoms with Crippen molar-refractivity contribution >= 4 is 33.2 Å². The molecule has 146 valence electrons. The Morgan fingerprint density at radius 3 is 2.41 bits per heavy atom. The van der Waals surface area contributed by atoms with Gasteiger partial charge in [0.2, 0.25) is 5.91 Å². The number of sulfonamides is 1. The van der Waals surface area contributed by atoms with Gasteiger partial charge in [-0.3, -0.25) is 9.10 Å². The number of carbonyl (C=O) groups excluding carboxylic acids is 1. The Morgan fingerprint density at radius 2 is 1.81 bits per heavy atom. The van der Waals surface area contributed by atoms with Gasteiger partial charge in [-0.2, -0.15) is 0 Å². The molecule has 0 radical (unpaired) electrons. The van der Waals surface area contributed by atoms with Gasteiger partial charge in [-0.25, -0.2) is 8.42 Å². The number of methoxy groups -OCH3 is 1. The number of anilines is 1. The number of para-hydroxylation sites is 1. The third-order valence-electron chi connectivity index (χ3n) is 3.90. The van der Waals surface area contributed by atoms with Gasteiger partial charge in [0.15, 0.2) is 0 Å². The first-order chi connectivity index (χ1) is 12.8. The first kappa shape index (κ1) is 21.2. The molecular formula is C19H23ClN2O4S. The maximum atomic E-state index is 13.2. The monoisotopic (exact) mass is 410 g/mol. The molecule has 2 aromatic carbocycles. The Bertz CT molecular complexity index is 885. The molecule has 0 unspecified atom stereocenters. The first-order valence-corrected chi connectivity index (χ1v) is 10.2. The second-order valence-corrected chi connectivity index (χ2v) is 8.47. The highest BCUT2D eigenvalue weighted by Gasteiger charge is 2.28. The van der Waals surface area contributed by atoms with Gasteiger partial charge in [0.25, 0.3) is 10.0 Å². The van der Waals surface area contributed by atoms with Crippen LogP contribution in [0.4, 0.5) is 5.69 Å². The van der Waals surface area contributed by atoms with Crippen LogP contribution < -0.4 is 9.62 Å². The Hall–Kier alpha value is -2.09. The molecule has 0 aliphatic heterocycles. The summed E-state index contributed by atoms with van der Waals surface area (Å²) in [5.74, 6) is -0.416. The van der Waals surface area contributed by atoms with Gasteiger partial charge in [0.1, 0.15) is 6.54 Å². The summed E-state index contributed by atoms with van der Waals surface area (Å²) in [4.78, 5) is 12.5. The average molecular weight is 411 g/mol. The van der Waals surface area contributed by atoms with Crippen molar-refractivity contribution in [3.63, 3.8) is 0 Å². The topological polar surface area (TPSA) is 75.7 Å². The number of rotatable bonds is 8. The molecule has 2 rings (SSSR count). The summed E-state index contributed by atoms with van der Waals surface area (Å²) in [5, 5.41) is 3.17. The molecule has 1 N–H and O–H groups in total. The van der Waals surface area contributed by atoms with Crippen LogP contribution in [-0.2, 0) is 19.6 Å². The largest absolute Gasteiger partial charge is 0.383 e. The van der Waals surface area contributed by atoms with Gasteiger partial charge in [0, 0.05) is 18.2 Å². The minimum atomic E-state index is -3.95. The summed E-state index contributed by atoms with van der Waals surface area (Å²) in [6.07, 6.45) is 0. The molecule has 0 bridgehead atoms. The minimum Gasteiger partial charge on any atom is -0.383 e. The predicted octanol–water partition coefficient (Wildman–Crippen LogP) is 2.99. The maximum absolute atomic E-state index is 13.2. The molecule has 8 heteroatoms. The molecule has 1 atom stereocenters. The molecule has 6 nitrogen and oxygen atoms in total. The number of hydrogen-bond acceptors (Lipinski definition) is 4. The molecule has 0 heterocycles. The Kier molecular flexibility index (Phi) is 7.24. The van der Waals surface area contributed by atoms with Crippen LogP contribution in [0.3, 0.4) is 0 Å². The number of aryl methyl sites for hydroxylation is 1. The van der Waals surface area contributed by atoms with E-state index in [4.69, 9.17) is 16.3 Å². The van der Waals surface area contributed by atoms with Crippen LogP contribution in [0.25, 0.3) is 0 Å². The van der Waals surface area contributed by atoms with E-state index in [9.17, 15) is 13.2 Å². The highest BCUT2D eigenvalue weighted by atomic mass is 35.5. The van der Waals surface area contributed by atoms with Crippen molar-refractivity contribution in [3.05, 3.63) is 59.1 Å². The Morgan fingerprint density at radius 1 is 1.19 bits per heavy atom. The van der Waals surface area contributed by atoms with Gasteiger partial charge < -0.3 is 10.1 Å². The van der Waals surface area contributed by atoms with Crippen molar-refractivity contribution < 1.29 is 17.9 Å². The van der Waals surface area contributed by atoms with Crippen LogP contribution in [0, 0.1) is 6.92 Å². The fraction of sp³-hybridized carbons (Fsp3) is 0.316. The molecular weight excluding hydrogens is 388 g/mol. The molecule has 0 aliphatic rings. The number of carbonyl (C=O) groups is 1. The van der Waals surface area contributed by atoms with Gasteiger partial charge in [-0.05, 0) is 49.7 Å². The predicted molar refractivity (Wildman–Crippen MR) is 107 cm³/mol. The number of hydrogen-bond donors (Lipinski definition) is 1. The van der Waals surface area contributed by atoms with E-state index in [1.165, 1.54) is 31.4 Å². The quantitative estimate of drug-likeness (QED) is 0.725. The molecule has 0 saturated heterocycles. The molecule has 0 aliphatic carbocycles. The van der Waals surface area contributed by atoms with E-state index in [0.717, 1.165) is 9.87 Å². The first-order valence-electron chi connectivity index (χ1n) is 8.38. The van der Waals surface area contributed by atoms with Crippen LogP contribution in [0.2, 0.25) is 5.02 Å². The van der Waals surface area contributed by atoms with Crippen molar-refractivity contribution in [1.82, 2.24) is 5.32 Å². The summed E-state index contributed by atoms with van der Waals surface area (Å²) in [7, 11) is -2.42. The minimum absolute atomic E-state index is 0.0629. The SMILES string of the molecule is COC[C@H](C)NC(=O)CN(c1ccccc1C)S(=O)(=O)c1ccc(Cl)cc1. The van der Waals surface area contributed by atoms with Crippen LogP contribution in [0.15, 0.2) is 53.4 Å². The number of amides is 1. The van der Waals surface area contributed by atoms with Gasteiger partial charge in [0.05, 0.1) is 17.2 Å². The van der Waals surface area contributed by atoms with Crippen molar-refractivity contribution in [2.75, 3.05) is 24.6 Å². The molecule has 0 fully saturated rings. The van der Waals surface area contributed by atoms with Crippen LogP contribution in [-0.4, -0.2) is 40.6 Å². The second kappa shape index (κ2) is 9.21. The van der Waals surface area contributed by atoms with Crippen LogP contribution in [0.1, 0.15) is 12.5 Å². The second-order valence-electron chi connectivity index (χ2n) is 6.18. The van der Waals surface area contributed by atoms with E-state index in [1.807, 2.05) is 6.07 Å². The zero-order valence-corrected chi connectivity index (χ0v) is 17.0. The summed E-state index contributed by atoms with van der Waals surface area (Å²) < 4.78 is 32.6. The third kappa shape index (κ3) is 5.45. The van der Waals surface area contributed by atoms with Crippen LogP contribution >= 0.6 is 11.6 Å². The number of nitrogens with one attached hydrogen (secondary N) is 1. The summed E-state index contributed by atoms with van der Waals surface area (Å²) in [6.45, 7) is 3.57. The van der Waals surface area contributed by atoms with Crippen molar-refractivity contribution in [2.45, 2.75) is 24.8 Å². The molecule has 2 aromatic rings. The van der Waals surface area contributed by atoms with E-state index in [1.54, 1.807) is 32.0 Å². The highest BCUT2D eigenvalue weighted by molar-refractivity contribution is 7.92. The Labute approximate surface area is 165 Å². The lowest BCUT2D eigenvalue weighted by Crippen LogP contribution is -2.44. The molecule has 1 amide bonds. The zero-order valence-electron chi connectivity index (χ0n) is 15.5. The molecule has 0 aromatic heterocycles. The van der Waals surface area contributed by atoms with Crippen molar-refractivity contribution in [2.24, 2.45) is 0 Å². The smallest absolute Gasteiger partial charge is 0.264 e. The lowest BCUT2D eigenvalue weighted by Gasteiger charge is -2.26. The Balaban J connectivity index is 2.40. The van der Waals surface area contributed by atoms with E-state index < -0.39 is 15.9 Å². The number of nitrogens with zero attached hydrogens (tertiary/aromatic N) is 1. The van der Waals surface area contributed by atoms with Crippen molar-refractivity contribution in [3.8, 4) is 0 Å². The van der Waals surface area contributed by atoms with Gasteiger partial charge in [-0.15, -0.1) is 0 Å². The van der Waals surface area contributed by atoms with Crippen molar-refractivity contribution in [1.29, 1.82) is 0 Å². The summed E-state index contributed by atoms with van der Waals surface area (Å²) >= 11 is 5.87.